The van der Waals surface area contributed by atoms with Crippen LogP contribution in [0.25, 0.3) is 0 Å². The Labute approximate surface area is 73.6 Å². The van der Waals surface area contributed by atoms with Crippen LogP contribution >= 0.6 is 0 Å². The highest BCUT2D eigenvalue weighted by atomic mass is 15.1. The number of hydrogen-bond donors (Lipinski definition) is 0. The summed E-state index contributed by atoms with van der Waals surface area (Å²) < 4.78 is 2.30. The molecule has 2 heterocycles. The Balaban J connectivity index is 2.31. The molecule has 1 aliphatic rings. The van der Waals surface area contributed by atoms with Crippen LogP contribution in [0.4, 0.5) is 0 Å². The van der Waals surface area contributed by atoms with E-state index in [1.54, 1.807) is 0 Å². The summed E-state index contributed by atoms with van der Waals surface area (Å²) in [6.07, 6.45) is 6.64. The first-order valence-electron chi connectivity index (χ1n) is 4.79. The second-order valence-corrected chi connectivity index (χ2v) is 4.00. The van der Waals surface area contributed by atoms with Crippen molar-refractivity contribution < 1.29 is 0 Å². The van der Waals surface area contributed by atoms with E-state index in [1.165, 1.54) is 25.1 Å². The van der Waals surface area contributed by atoms with Crippen LogP contribution in [0.5, 0.6) is 0 Å². The molecule has 0 aromatic carbocycles. The van der Waals surface area contributed by atoms with Gasteiger partial charge in [0, 0.05) is 24.4 Å². The minimum atomic E-state index is 0.737. The fraction of sp³-hybridized carbons (Fsp3) is 0.700. The molecule has 66 valence electrons. The number of imidazole rings is 1. The third-order valence-electron chi connectivity index (χ3n) is 2.84. The maximum atomic E-state index is 4.20. The fourth-order valence-electron chi connectivity index (χ4n) is 2.13. The van der Waals surface area contributed by atoms with Crippen molar-refractivity contribution in [2.45, 2.75) is 39.2 Å². The number of aromatic nitrogens is 2. The highest BCUT2D eigenvalue weighted by molar-refractivity contribution is 5.09. The predicted molar refractivity (Wildman–Crippen MR) is 49.0 cm³/mol. The van der Waals surface area contributed by atoms with Crippen LogP contribution < -0.4 is 0 Å². The highest BCUT2D eigenvalue weighted by Gasteiger charge is 2.22. The summed E-state index contributed by atoms with van der Waals surface area (Å²) in [5, 5.41) is 0. The van der Waals surface area contributed by atoms with Gasteiger partial charge in [-0.1, -0.05) is 13.8 Å². The lowest BCUT2D eigenvalue weighted by Gasteiger charge is -2.26. The largest absolute Gasteiger partial charge is 0.334 e. The van der Waals surface area contributed by atoms with Crippen molar-refractivity contribution >= 4 is 0 Å². The Kier molecular flexibility index (Phi) is 1.91. The molecule has 0 N–H and O–H groups in total. The quantitative estimate of drug-likeness (QED) is 0.623. The number of nitrogens with zero attached hydrogens (tertiary/aromatic N) is 2. The van der Waals surface area contributed by atoms with Crippen molar-refractivity contribution in [2.24, 2.45) is 5.92 Å². The van der Waals surface area contributed by atoms with Crippen LogP contribution in [0.1, 0.15) is 38.3 Å². The highest BCUT2D eigenvalue weighted by Crippen LogP contribution is 2.32. The molecular weight excluding hydrogens is 148 g/mol. The lowest BCUT2D eigenvalue weighted by Crippen LogP contribution is -2.18. The van der Waals surface area contributed by atoms with Crippen LogP contribution in [-0.4, -0.2) is 9.55 Å². The lowest BCUT2D eigenvalue weighted by molar-refractivity contribution is 0.377. The molecule has 2 nitrogen and oxygen atoms in total. The van der Waals surface area contributed by atoms with E-state index < -0.39 is 0 Å². The molecule has 0 amide bonds. The molecule has 1 aromatic heterocycles. The van der Waals surface area contributed by atoms with Gasteiger partial charge in [0.25, 0.3) is 0 Å². The van der Waals surface area contributed by atoms with E-state index in [1.807, 2.05) is 12.5 Å². The molecule has 0 radical (unpaired) electrons. The first-order valence-corrected chi connectivity index (χ1v) is 4.79. The zero-order valence-corrected chi connectivity index (χ0v) is 7.83. The molecule has 1 atom stereocenters. The van der Waals surface area contributed by atoms with Crippen LogP contribution in [0.2, 0.25) is 0 Å². The summed E-state index contributed by atoms with van der Waals surface area (Å²) >= 11 is 0. The molecule has 0 aliphatic carbocycles. The molecule has 12 heavy (non-hydrogen) atoms. The average Bonchev–Trinajstić information content (AvgIpc) is 2.49. The summed E-state index contributed by atoms with van der Waals surface area (Å²) in [4.78, 5) is 4.20. The van der Waals surface area contributed by atoms with E-state index in [-0.39, 0.29) is 0 Å². The van der Waals surface area contributed by atoms with Crippen molar-refractivity contribution in [2.75, 3.05) is 0 Å². The maximum Gasteiger partial charge on any atom is 0.0948 e. The Morgan fingerprint density at radius 2 is 2.42 bits per heavy atom. The molecule has 0 bridgehead atoms. The van der Waals surface area contributed by atoms with Gasteiger partial charge in [-0.25, -0.2) is 4.98 Å². The number of fused-ring (bicyclic) bond motifs is 1. The standard InChI is InChI=1S/C10H16N2/c1-8(2)9-4-3-5-12-7-11-6-10(9)12/h6-9H,3-5H2,1-2H3/t9-/m0/s1. The zero-order valence-electron chi connectivity index (χ0n) is 7.83. The zero-order chi connectivity index (χ0) is 8.55. The van der Waals surface area contributed by atoms with Crippen LogP contribution in [0.3, 0.4) is 0 Å². The molecule has 0 saturated carbocycles. The number of aryl methyl sites for hydroxylation is 1. The van der Waals surface area contributed by atoms with E-state index in [0.29, 0.717) is 0 Å². The van der Waals surface area contributed by atoms with Gasteiger partial charge in [0.1, 0.15) is 0 Å². The SMILES string of the molecule is CC(C)[C@@H]1CCCn2cncc21. The van der Waals surface area contributed by atoms with Gasteiger partial charge >= 0.3 is 0 Å². The van der Waals surface area contributed by atoms with Crippen molar-refractivity contribution in [3.63, 3.8) is 0 Å². The summed E-state index contributed by atoms with van der Waals surface area (Å²) in [5.74, 6) is 1.49. The molecule has 0 unspecified atom stereocenters. The third kappa shape index (κ3) is 1.15. The minimum absolute atomic E-state index is 0.737. The van der Waals surface area contributed by atoms with Gasteiger partial charge in [-0.05, 0) is 18.8 Å². The normalized spacial score (nSPS) is 22.8. The fourth-order valence-corrected chi connectivity index (χ4v) is 2.13. The van der Waals surface area contributed by atoms with Crippen LogP contribution in [0.15, 0.2) is 12.5 Å². The molecule has 1 aromatic rings. The third-order valence-corrected chi connectivity index (χ3v) is 2.84. The molecular formula is C10H16N2. The van der Waals surface area contributed by atoms with E-state index >= 15 is 0 Å². The van der Waals surface area contributed by atoms with Gasteiger partial charge in [-0.15, -0.1) is 0 Å². The Hall–Kier alpha value is -0.790. The molecule has 1 aliphatic heterocycles. The van der Waals surface area contributed by atoms with Crippen LogP contribution in [-0.2, 0) is 6.54 Å². The Morgan fingerprint density at radius 1 is 1.58 bits per heavy atom. The maximum absolute atomic E-state index is 4.20. The second-order valence-electron chi connectivity index (χ2n) is 4.00. The molecule has 2 heteroatoms. The lowest BCUT2D eigenvalue weighted by atomic mass is 9.86. The smallest absolute Gasteiger partial charge is 0.0948 e. The average molecular weight is 164 g/mol. The molecule has 0 saturated heterocycles. The topological polar surface area (TPSA) is 17.8 Å². The number of rotatable bonds is 1. The van der Waals surface area contributed by atoms with Crippen molar-refractivity contribution in [1.82, 2.24) is 9.55 Å². The van der Waals surface area contributed by atoms with Crippen molar-refractivity contribution in [3.8, 4) is 0 Å². The second kappa shape index (κ2) is 2.92. The summed E-state index contributed by atoms with van der Waals surface area (Å²) in [7, 11) is 0. The molecule has 2 rings (SSSR count). The summed E-state index contributed by atoms with van der Waals surface area (Å²) in [5.41, 5.74) is 1.44. The van der Waals surface area contributed by atoms with E-state index in [0.717, 1.165) is 11.8 Å². The molecule has 0 fully saturated rings. The van der Waals surface area contributed by atoms with Crippen molar-refractivity contribution in [3.05, 3.63) is 18.2 Å². The van der Waals surface area contributed by atoms with E-state index in [2.05, 4.69) is 23.4 Å². The van der Waals surface area contributed by atoms with Gasteiger partial charge in [-0.3, -0.25) is 0 Å². The Bertz CT molecular complexity index is 263. The van der Waals surface area contributed by atoms with Gasteiger partial charge in [0.15, 0.2) is 0 Å². The molecule has 0 spiro atoms. The van der Waals surface area contributed by atoms with Crippen molar-refractivity contribution in [1.29, 1.82) is 0 Å². The predicted octanol–water partition coefficient (Wildman–Crippen LogP) is 2.42. The van der Waals surface area contributed by atoms with Gasteiger partial charge in [0.05, 0.1) is 6.33 Å². The number of hydrogen-bond acceptors (Lipinski definition) is 1. The van der Waals surface area contributed by atoms with Gasteiger partial charge < -0.3 is 4.57 Å². The summed E-state index contributed by atoms with van der Waals surface area (Å²) in [6.45, 7) is 5.76. The minimum Gasteiger partial charge on any atom is -0.334 e. The van der Waals surface area contributed by atoms with E-state index in [9.17, 15) is 0 Å². The van der Waals surface area contributed by atoms with Gasteiger partial charge in [-0.2, -0.15) is 0 Å². The monoisotopic (exact) mass is 164 g/mol. The summed E-state index contributed by atoms with van der Waals surface area (Å²) in [6, 6.07) is 0. The van der Waals surface area contributed by atoms with Crippen LogP contribution in [0, 0.1) is 5.92 Å². The first-order chi connectivity index (χ1) is 5.79. The van der Waals surface area contributed by atoms with E-state index in [4.69, 9.17) is 0 Å². The van der Waals surface area contributed by atoms with Gasteiger partial charge in [0.2, 0.25) is 0 Å². The first kappa shape index (κ1) is 7.84. The Morgan fingerprint density at radius 3 is 3.17 bits per heavy atom.